The number of rotatable bonds is 1. The smallest absolute Gasteiger partial charge is 0.0954 e. The maximum Gasteiger partial charge on any atom is 0.0954 e. The van der Waals surface area contributed by atoms with E-state index in [1.165, 1.54) is 0 Å². The third-order valence-electron chi connectivity index (χ3n) is 2.01. The molecule has 0 atom stereocenters. The van der Waals surface area contributed by atoms with E-state index in [4.69, 9.17) is 0 Å². The molecular formula is C8H10N4. The Kier molecular flexibility index (Phi) is 1.46. The fourth-order valence-electron chi connectivity index (χ4n) is 1.16. The highest BCUT2D eigenvalue weighted by atomic mass is 15.3. The van der Waals surface area contributed by atoms with E-state index in [0.29, 0.717) is 0 Å². The Balaban J connectivity index is 2.55. The molecule has 0 unspecified atom stereocenters. The monoisotopic (exact) mass is 162 g/mol. The lowest BCUT2D eigenvalue weighted by Crippen LogP contribution is -1.92. The second-order valence-corrected chi connectivity index (χ2v) is 2.73. The van der Waals surface area contributed by atoms with Crippen molar-refractivity contribution in [3.05, 3.63) is 24.2 Å². The Morgan fingerprint density at radius 1 is 1.50 bits per heavy atom. The van der Waals surface area contributed by atoms with Crippen LogP contribution in [0.5, 0.6) is 0 Å². The standard InChI is InChI=1S/C8H10N4/c1-6-7(5-10-12(6)2)8-3-4-9-11-8/h3-5H,1-2H3,(H,9,11). The van der Waals surface area contributed by atoms with Gasteiger partial charge in [-0.15, -0.1) is 0 Å². The Bertz CT molecular complexity index is 372. The molecular weight excluding hydrogens is 152 g/mol. The van der Waals surface area contributed by atoms with Gasteiger partial charge >= 0.3 is 0 Å². The van der Waals surface area contributed by atoms with Gasteiger partial charge in [0.1, 0.15) is 0 Å². The second kappa shape index (κ2) is 2.48. The number of hydrogen-bond acceptors (Lipinski definition) is 2. The van der Waals surface area contributed by atoms with E-state index >= 15 is 0 Å². The van der Waals surface area contributed by atoms with Gasteiger partial charge in [0.15, 0.2) is 0 Å². The molecule has 1 N–H and O–H groups in total. The van der Waals surface area contributed by atoms with Crippen molar-refractivity contribution in [2.24, 2.45) is 7.05 Å². The van der Waals surface area contributed by atoms with Crippen molar-refractivity contribution in [3.8, 4) is 11.3 Å². The number of aromatic nitrogens is 4. The molecule has 4 nitrogen and oxygen atoms in total. The second-order valence-electron chi connectivity index (χ2n) is 2.73. The Hall–Kier alpha value is -1.58. The summed E-state index contributed by atoms with van der Waals surface area (Å²) in [6.45, 7) is 2.02. The van der Waals surface area contributed by atoms with Crippen LogP contribution >= 0.6 is 0 Å². The van der Waals surface area contributed by atoms with E-state index < -0.39 is 0 Å². The first-order valence-corrected chi connectivity index (χ1v) is 3.78. The van der Waals surface area contributed by atoms with E-state index in [1.807, 2.05) is 37.1 Å². The van der Waals surface area contributed by atoms with Gasteiger partial charge in [0, 0.05) is 24.5 Å². The van der Waals surface area contributed by atoms with Crippen LogP contribution in [0, 0.1) is 6.92 Å². The van der Waals surface area contributed by atoms with Crippen LogP contribution in [0.25, 0.3) is 11.3 Å². The maximum atomic E-state index is 4.13. The van der Waals surface area contributed by atoms with E-state index in [9.17, 15) is 0 Å². The van der Waals surface area contributed by atoms with Gasteiger partial charge in [-0.05, 0) is 13.0 Å². The molecule has 12 heavy (non-hydrogen) atoms. The zero-order chi connectivity index (χ0) is 8.55. The van der Waals surface area contributed by atoms with Crippen molar-refractivity contribution in [2.75, 3.05) is 0 Å². The fourth-order valence-corrected chi connectivity index (χ4v) is 1.16. The lowest BCUT2D eigenvalue weighted by Gasteiger charge is -1.94. The fraction of sp³-hybridized carbons (Fsp3) is 0.250. The Labute approximate surface area is 70.2 Å². The molecule has 0 bridgehead atoms. The molecule has 0 radical (unpaired) electrons. The van der Waals surface area contributed by atoms with Gasteiger partial charge < -0.3 is 0 Å². The summed E-state index contributed by atoms with van der Waals surface area (Å²) in [5, 5.41) is 11.0. The summed E-state index contributed by atoms with van der Waals surface area (Å²) in [4.78, 5) is 0. The molecule has 0 spiro atoms. The predicted octanol–water partition coefficient (Wildman–Crippen LogP) is 1.12. The van der Waals surface area contributed by atoms with Gasteiger partial charge in [0.25, 0.3) is 0 Å². The molecule has 0 saturated carbocycles. The molecule has 2 aromatic rings. The van der Waals surface area contributed by atoms with Crippen molar-refractivity contribution < 1.29 is 0 Å². The lowest BCUT2D eigenvalue weighted by atomic mass is 10.2. The van der Waals surface area contributed by atoms with E-state index in [0.717, 1.165) is 17.0 Å². The SMILES string of the molecule is Cc1c(-c2cc[nH]n2)cnn1C. The van der Waals surface area contributed by atoms with Crippen molar-refractivity contribution in [2.45, 2.75) is 6.92 Å². The van der Waals surface area contributed by atoms with Gasteiger partial charge in [0.05, 0.1) is 11.9 Å². The molecule has 0 amide bonds. The molecule has 0 aliphatic rings. The van der Waals surface area contributed by atoms with Crippen LogP contribution in [-0.4, -0.2) is 20.0 Å². The van der Waals surface area contributed by atoms with Crippen LogP contribution in [0.4, 0.5) is 0 Å². The van der Waals surface area contributed by atoms with Crippen molar-refractivity contribution >= 4 is 0 Å². The molecule has 62 valence electrons. The minimum Gasteiger partial charge on any atom is -0.285 e. The summed E-state index contributed by atoms with van der Waals surface area (Å²) in [7, 11) is 1.92. The average Bonchev–Trinajstić information content (AvgIpc) is 2.64. The molecule has 4 heteroatoms. The molecule has 0 aliphatic carbocycles. The summed E-state index contributed by atoms with van der Waals surface area (Å²) >= 11 is 0. The van der Waals surface area contributed by atoms with Gasteiger partial charge in [0.2, 0.25) is 0 Å². The number of hydrogen-bond donors (Lipinski definition) is 1. The van der Waals surface area contributed by atoms with E-state index in [1.54, 1.807) is 0 Å². The van der Waals surface area contributed by atoms with Gasteiger partial charge in [-0.1, -0.05) is 0 Å². The number of nitrogens with zero attached hydrogens (tertiary/aromatic N) is 3. The quantitative estimate of drug-likeness (QED) is 0.683. The van der Waals surface area contributed by atoms with Crippen LogP contribution in [0.2, 0.25) is 0 Å². The molecule has 2 aromatic heterocycles. The molecule has 0 fully saturated rings. The molecule has 0 saturated heterocycles. The first kappa shape index (κ1) is 7.09. The maximum absolute atomic E-state index is 4.13. The third-order valence-corrected chi connectivity index (χ3v) is 2.01. The van der Waals surface area contributed by atoms with Crippen LogP contribution < -0.4 is 0 Å². The molecule has 0 aliphatic heterocycles. The Morgan fingerprint density at radius 3 is 2.83 bits per heavy atom. The number of H-pyrrole nitrogens is 1. The first-order valence-electron chi connectivity index (χ1n) is 3.78. The van der Waals surface area contributed by atoms with Crippen molar-refractivity contribution in [3.63, 3.8) is 0 Å². The van der Waals surface area contributed by atoms with E-state index in [2.05, 4.69) is 15.3 Å². The lowest BCUT2D eigenvalue weighted by molar-refractivity contribution is 0.740. The van der Waals surface area contributed by atoms with Gasteiger partial charge in [-0.3, -0.25) is 9.78 Å². The highest BCUT2D eigenvalue weighted by Gasteiger charge is 2.06. The number of nitrogens with one attached hydrogen (secondary N) is 1. The third kappa shape index (κ3) is 0.922. The zero-order valence-corrected chi connectivity index (χ0v) is 7.07. The number of aryl methyl sites for hydroxylation is 1. The van der Waals surface area contributed by atoms with Crippen LogP contribution in [0.1, 0.15) is 5.69 Å². The zero-order valence-electron chi connectivity index (χ0n) is 7.07. The summed E-state index contributed by atoms with van der Waals surface area (Å²) in [6.07, 6.45) is 3.63. The van der Waals surface area contributed by atoms with Crippen molar-refractivity contribution in [1.29, 1.82) is 0 Å². The highest BCUT2D eigenvalue weighted by Crippen LogP contribution is 2.18. The van der Waals surface area contributed by atoms with Crippen molar-refractivity contribution in [1.82, 2.24) is 20.0 Å². The van der Waals surface area contributed by atoms with Crippen LogP contribution in [0.15, 0.2) is 18.5 Å². The molecule has 2 rings (SSSR count). The predicted molar refractivity (Wildman–Crippen MR) is 45.5 cm³/mol. The van der Waals surface area contributed by atoms with E-state index in [-0.39, 0.29) is 0 Å². The minimum atomic E-state index is 0.945. The minimum absolute atomic E-state index is 0.945. The number of aromatic amines is 1. The normalized spacial score (nSPS) is 10.5. The van der Waals surface area contributed by atoms with Gasteiger partial charge in [-0.25, -0.2) is 0 Å². The molecule has 0 aromatic carbocycles. The van der Waals surface area contributed by atoms with Crippen LogP contribution in [-0.2, 0) is 7.05 Å². The largest absolute Gasteiger partial charge is 0.285 e. The summed E-state index contributed by atoms with van der Waals surface area (Å²) in [5.41, 5.74) is 3.15. The average molecular weight is 162 g/mol. The summed E-state index contributed by atoms with van der Waals surface area (Å²) < 4.78 is 1.84. The van der Waals surface area contributed by atoms with Gasteiger partial charge in [-0.2, -0.15) is 10.2 Å². The Morgan fingerprint density at radius 2 is 2.33 bits per heavy atom. The first-order chi connectivity index (χ1) is 5.79. The highest BCUT2D eigenvalue weighted by molar-refractivity contribution is 5.60. The topological polar surface area (TPSA) is 46.5 Å². The summed E-state index contributed by atoms with van der Waals surface area (Å²) in [5.74, 6) is 0. The summed E-state index contributed by atoms with van der Waals surface area (Å²) in [6, 6.07) is 1.93. The molecule has 2 heterocycles. The van der Waals surface area contributed by atoms with Crippen LogP contribution in [0.3, 0.4) is 0 Å².